The summed E-state index contributed by atoms with van der Waals surface area (Å²) in [6.45, 7) is 2.64. The molecule has 0 aromatic carbocycles. The summed E-state index contributed by atoms with van der Waals surface area (Å²) in [5.74, 6) is -0.951. The van der Waals surface area contributed by atoms with E-state index in [1.54, 1.807) is 11.8 Å². The maximum atomic E-state index is 12.4. The van der Waals surface area contributed by atoms with Crippen LogP contribution < -0.4 is 0 Å². The molecule has 0 radical (unpaired) electrons. The molecule has 2 saturated heterocycles. The zero-order valence-electron chi connectivity index (χ0n) is 10.6. The van der Waals surface area contributed by atoms with Crippen molar-refractivity contribution >= 4 is 12.0 Å². The van der Waals surface area contributed by atoms with Crippen LogP contribution in [0.5, 0.6) is 0 Å². The molecule has 2 N–H and O–H groups in total. The van der Waals surface area contributed by atoms with Gasteiger partial charge in [-0.05, 0) is 32.6 Å². The number of carboxylic acid groups (broad SMARTS) is 1. The molecule has 2 aliphatic rings. The van der Waals surface area contributed by atoms with Gasteiger partial charge in [0.2, 0.25) is 0 Å². The predicted molar refractivity (Wildman–Crippen MR) is 64.2 cm³/mol. The smallest absolute Gasteiger partial charge is 0.329 e. The molecule has 2 rings (SSSR count). The highest BCUT2D eigenvalue weighted by molar-refractivity contribution is 5.87. The largest absolute Gasteiger partial charge is 0.480 e. The number of aliphatic hydroxyl groups is 1. The van der Waals surface area contributed by atoms with E-state index in [1.165, 1.54) is 4.90 Å². The summed E-state index contributed by atoms with van der Waals surface area (Å²) in [7, 11) is 0. The number of aliphatic hydroxyl groups excluding tert-OH is 1. The van der Waals surface area contributed by atoms with Gasteiger partial charge in [-0.15, -0.1) is 0 Å². The lowest BCUT2D eigenvalue weighted by Crippen LogP contribution is -2.56. The van der Waals surface area contributed by atoms with Gasteiger partial charge in [-0.3, -0.25) is 0 Å². The highest BCUT2D eigenvalue weighted by Crippen LogP contribution is 2.32. The van der Waals surface area contributed by atoms with Crippen LogP contribution in [0.25, 0.3) is 0 Å². The van der Waals surface area contributed by atoms with Crippen molar-refractivity contribution < 1.29 is 19.8 Å². The summed E-state index contributed by atoms with van der Waals surface area (Å²) in [6, 6.07) is -0.398. The molecule has 6 nitrogen and oxygen atoms in total. The van der Waals surface area contributed by atoms with Crippen LogP contribution >= 0.6 is 0 Å². The number of hydrogen-bond acceptors (Lipinski definition) is 3. The van der Waals surface area contributed by atoms with E-state index >= 15 is 0 Å². The van der Waals surface area contributed by atoms with E-state index in [0.717, 1.165) is 12.8 Å². The van der Waals surface area contributed by atoms with Gasteiger partial charge in [0.1, 0.15) is 5.54 Å². The number of rotatable bonds is 2. The van der Waals surface area contributed by atoms with Crippen LogP contribution in [-0.2, 0) is 4.79 Å². The number of aliphatic carboxylic acids is 1. The first-order valence-electron chi connectivity index (χ1n) is 6.43. The van der Waals surface area contributed by atoms with Gasteiger partial charge in [-0.1, -0.05) is 0 Å². The normalized spacial score (nSPS) is 32.0. The number of nitrogens with zero attached hydrogens (tertiary/aromatic N) is 2. The third-order valence-electron chi connectivity index (χ3n) is 4.17. The zero-order valence-corrected chi connectivity index (χ0v) is 10.6. The van der Waals surface area contributed by atoms with Crippen molar-refractivity contribution in [2.45, 2.75) is 44.2 Å². The summed E-state index contributed by atoms with van der Waals surface area (Å²) in [5, 5.41) is 18.5. The summed E-state index contributed by atoms with van der Waals surface area (Å²) in [5.41, 5.74) is -1.10. The van der Waals surface area contributed by atoms with Crippen LogP contribution in [0.4, 0.5) is 4.79 Å². The van der Waals surface area contributed by atoms with E-state index in [9.17, 15) is 19.8 Å². The molecule has 2 fully saturated rings. The van der Waals surface area contributed by atoms with Crippen LogP contribution in [0.15, 0.2) is 0 Å². The maximum Gasteiger partial charge on any atom is 0.329 e. The topological polar surface area (TPSA) is 81.1 Å². The summed E-state index contributed by atoms with van der Waals surface area (Å²) < 4.78 is 0. The second-order valence-electron chi connectivity index (χ2n) is 5.29. The van der Waals surface area contributed by atoms with Crippen molar-refractivity contribution in [3.8, 4) is 0 Å². The van der Waals surface area contributed by atoms with Gasteiger partial charge in [0.15, 0.2) is 0 Å². The van der Waals surface area contributed by atoms with Gasteiger partial charge < -0.3 is 20.0 Å². The lowest BCUT2D eigenvalue weighted by molar-refractivity contribution is -0.147. The van der Waals surface area contributed by atoms with E-state index in [2.05, 4.69) is 0 Å². The van der Waals surface area contributed by atoms with Gasteiger partial charge in [0.25, 0.3) is 0 Å². The van der Waals surface area contributed by atoms with Crippen LogP contribution in [0.1, 0.15) is 32.6 Å². The van der Waals surface area contributed by atoms with Gasteiger partial charge >= 0.3 is 12.0 Å². The second-order valence-corrected chi connectivity index (χ2v) is 5.29. The van der Waals surface area contributed by atoms with Crippen LogP contribution in [0, 0.1) is 0 Å². The number of likely N-dealkylation sites (tertiary alicyclic amines) is 2. The lowest BCUT2D eigenvalue weighted by atomic mass is 10.00. The Morgan fingerprint density at radius 3 is 2.67 bits per heavy atom. The molecule has 18 heavy (non-hydrogen) atoms. The van der Waals surface area contributed by atoms with Gasteiger partial charge in [-0.2, -0.15) is 0 Å². The molecular weight excluding hydrogens is 236 g/mol. The van der Waals surface area contributed by atoms with E-state index < -0.39 is 11.5 Å². The number of urea groups is 1. The Labute approximate surface area is 106 Å². The van der Waals surface area contributed by atoms with Crippen molar-refractivity contribution in [2.24, 2.45) is 0 Å². The maximum absolute atomic E-state index is 12.4. The minimum absolute atomic E-state index is 0.0522. The fourth-order valence-electron chi connectivity index (χ4n) is 2.92. The molecule has 0 aliphatic carbocycles. The second kappa shape index (κ2) is 4.76. The first-order valence-corrected chi connectivity index (χ1v) is 6.43. The quantitative estimate of drug-likeness (QED) is 0.754. The van der Waals surface area contributed by atoms with E-state index in [1.807, 2.05) is 0 Å². The Morgan fingerprint density at radius 2 is 2.06 bits per heavy atom. The molecule has 6 heteroatoms. The number of carbonyl (C=O) groups excluding carboxylic acids is 1. The Morgan fingerprint density at radius 1 is 1.33 bits per heavy atom. The summed E-state index contributed by atoms with van der Waals surface area (Å²) >= 11 is 0. The molecule has 2 amide bonds. The minimum atomic E-state index is -1.10. The third-order valence-corrected chi connectivity index (χ3v) is 4.17. The Hall–Kier alpha value is -1.30. The predicted octanol–water partition coefficient (Wildman–Crippen LogP) is 0.502. The van der Waals surface area contributed by atoms with Gasteiger partial charge in [0, 0.05) is 13.1 Å². The molecule has 0 saturated carbocycles. The average Bonchev–Trinajstić information content (AvgIpc) is 2.94. The number of carboxylic acids is 1. The Kier molecular flexibility index (Phi) is 3.47. The van der Waals surface area contributed by atoms with Crippen molar-refractivity contribution in [1.82, 2.24) is 9.80 Å². The summed E-state index contributed by atoms with van der Waals surface area (Å²) in [4.78, 5) is 26.8. The molecule has 2 aliphatic heterocycles. The molecule has 102 valence electrons. The lowest BCUT2D eigenvalue weighted by Gasteiger charge is -2.36. The van der Waals surface area contributed by atoms with Crippen molar-refractivity contribution in [2.75, 3.05) is 19.7 Å². The Bertz CT molecular complexity index is 360. The highest BCUT2D eigenvalue weighted by atomic mass is 16.4. The van der Waals surface area contributed by atoms with Crippen molar-refractivity contribution in [3.05, 3.63) is 0 Å². The fourth-order valence-corrected chi connectivity index (χ4v) is 2.92. The Balaban J connectivity index is 2.15. The monoisotopic (exact) mass is 256 g/mol. The van der Waals surface area contributed by atoms with E-state index in [-0.39, 0.29) is 18.7 Å². The number of hydrogen-bond donors (Lipinski definition) is 2. The van der Waals surface area contributed by atoms with Crippen LogP contribution in [0.3, 0.4) is 0 Å². The third kappa shape index (κ3) is 1.94. The SMILES string of the molecule is CC1(C(=O)O)CCCN1C(=O)N1CCCC1CO. The van der Waals surface area contributed by atoms with E-state index in [4.69, 9.17) is 0 Å². The van der Waals surface area contributed by atoms with Crippen molar-refractivity contribution in [3.63, 3.8) is 0 Å². The van der Waals surface area contributed by atoms with Crippen LogP contribution in [-0.4, -0.2) is 63.3 Å². The van der Waals surface area contributed by atoms with Crippen molar-refractivity contribution in [1.29, 1.82) is 0 Å². The first-order chi connectivity index (χ1) is 8.50. The standard InChI is InChI=1S/C12H20N2O4/c1-12(10(16)17)5-3-7-14(12)11(18)13-6-2-4-9(13)8-15/h9,15H,2-8H2,1H3,(H,16,17). The van der Waals surface area contributed by atoms with E-state index in [0.29, 0.717) is 25.9 Å². The minimum Gasteiger partial charge on any atom is -0.480 e. The number of carbonyl (C=O) groups is 2. The van der Waals surface area contributed by atoms with Crippen LogP contribution in [0.2, 0.25) is 0 Å². The first kappa shape index (κ1) is 13.1. The molecule has 2 heterocycles. The van der Waals surface area contributed by atoms with Gasteiger partial charge in [0.05, 0.1) is 12.6 Å². The molecule has 0 bridgehead atoms. The zero-order chi connectivity index (χ0) is 13.3. The van der Waals surface area contributed by atoms with Gasteiger partial charge in [-0.25, -0.2) is 9.59 Å². The molecule has 0 spiro atoms. The highest BCUT2D eigenvalue weighted by Gasteiger charge is 2.48. The number of amides is 2. The fraction of sp³-hybridized carbons (Fsp3) is 0.833. The molecule has 0 aromatic rings. The summed E-state index contributed by atoms with van der Waals surface area (Å²) in [6.07, 6.45) is 2.87. The average molecular weight is 256 g/mol. The molecule has 2 unspecified atom stereocenters. The molecular formula is C12H20N2O4. The molecule has 0 aromatic heterocycles. The molecule has 2 atom stereocenters.